The zero-order valence-electron chi connectivity index (χ0n) is 11.9. The van der Waals surface area contributed by atoms with Gasteiger partial charge in [0.1, 0.15) is 0 Å². The van der Waals surface area contributed by atoms with Crippen LogP contribution in [0.2, 0.25) is 0 Å². The summed E-state index contributed by atoms with van der Waals surface area (Å²) in [6, 6.07) is 5.93. The minimum atomic E-state index is -0.173. The number of carbonyl (C=O) groups is 1. The molecule has 1 aliphatic carbocycles. The van der Waals surface area contributed by atoms with Crippen LogP contribution < -0.4 is 10.6 Å². The normalized spacial score (nSPS) is 14.9. The number of hydrogen-bond acceptors (Lipinski definition) is 1. The van der Waals surface area contributed by atoms with Crippen LogP contribution in [-0.2, 0) is 0 Å². The van der Waals surface area contributed by atoms with Crippen LogP contribution in [0.3, 0.4) is 0 Å². The van der Waals surface area contributed by atoms with Crippen molar-refractivity contribution in [2.24, 2.45) is 5.92 Å². The molecule has 2 N–H and O–H groups in total. The average Bonchev–Trinajstić information content (AvgIpc) is 3.15. The van der Waals surface area contributed by atoms with Gasteiger partial charge in [0, 0.05) is 11.9 Å². The number of aryl methyl sites for hydroxylation is 1. The van der Waals surface area contributed by atoms with Gasteiger partial charge in [0.2, 0.25) is 0 Å². The Hall–Kier alpha value is -1.77. The monoisotopic (exact) mass is 258 g/mol. The van der Waals surface area contributed by atoms with Gasteiger partial charge in [0.25, 0.3) is 0 Å². The molecule has 0 spiro atoms. The van der Waals surface area contributed by atoms with Crippen LogP contribution in [0.4, 0.5) is 10.5 Å². The van der Waals surface area contributed by atoms with E-state index in [-0.39, 0.29) is 6.03 Å². The van der Waals surface area contributed by atoms with Crippen molar-refractivity contribution in [3.63, 3.8) is 0 Å². The molecule has 1 aromatic carbocycles. The maximum atomic E-state index is 11.9. The molecule has 0 unspecified atom stereocenters. The van der Waals surface area contributed by atoms with E-state index in [4.69, 9.17) is 0 Å². The smallest absolute Gasteiger partial charge is 0.315 e. The van der Waals surface area contributed by atoms with E-state index in [1.54, 1.807) is 6.20 Å². The maximum Gasteiger partial charge on any atom is 0.323 e. The van der Waals surface area contributed by atoms with Crippen LogP contribution in [-0.4, -0.2) is 6.03 Å². The van der Waals surface area contributed by atoms with Gasteiger partial charge >= 0.3 is 6.03 Å². The molecular weight excluding hydrogens is 236 g/mol. The number of carbonyl (C=O) groups excluding carboxylic acids is 1. The first-order chi connectivity index (χ1) is 9.08. The van der Waals surface area contributed by atoms with Crippen LogP contribution in [0.5, 0.6) is 0 Å². The molecule has 0 aromatic heterocycles. The van der Waals surface area contributed by atoms with Crippen molar-refractivity contribution in [2.45, 2.75) is 39.5 Å². The van der Waals surface area contributed by atoms with Crippen molar-refractivity contribution < 1.29 is 4.79 Å². The van der Waals surface area contributed by atoms with Gasteiger partial charge in [-0.3, -0.25) is 0 Å². The highest BCUT2D eigenvalue weighted by atomic mass is 16.2. The van der Waals surface area contributed by atoms with Gasteiger partial charge in [0.05, 0.1) is 0 Å². The summed E-state index contributed by atoms with van der Waals surface area (Å²) in [6.45, 7) is 6.28. The zero-order valence-corrected chi connectivity index (χ0v) is 11.9. The Labute approximate surface area is 115 Å². The van der Waals surface area contributed by atoms with Gasteiger partial charge in [-0.05, 0) is 42.7 Å². The first-order valence-corrected chi connectivity index (χ1v) is 6.91. The molecule has 0 bridgehead atoms. The summed E-state index contributed by atoms with van der Waals surface area (Å²) in [4.78, 5) is 11.9. The zero-order chi connectivity index (χ0) is 13.8. The molecule has 3 heteroatoms. The summed E-state index contributed by atoms with van der Waals surface area (Å²) in [5.41, 5.74) is 3.18. The Morgan fingerprint density at radius 1 is 1.37 bits per heavy atom. The van der Waals surface area contributed by atoms with E-state index in [2.05, 4.69) is 36.6 Å². The summed E-state index contributed by atoms with van der Waals surface area (Å²) >= 11 is 0. The van der Waals surface area contributed by atoms with E-state index < -0.39 is 0 Å². The molecule has 0 heterocycles. The molecule has 0 saturated heterocycles. The summed E-state index contributed by atoms with van der Waals surface area (Å²) < 4.78 is 0. The molecule has 19 heavy (non-hydrogen) atoms. The van der Waals surface area contributed by atoms with Gasteiger partial charge < -0.3 is 10.6 Å². The van der Waals surface area contributed by atoms with Crippen molar-refractivity contribution in [3.05, 3.63) is 41.6 Å². The van der Waals surface area contributed by atoms with Crippen LogP contribution in [0.15, 0.2) is 30.5 Å². The van der Waals surface area contributed by atoms with Crippen LogP contribution in [0.25, 0.3) is 0 Å². The van der Waals surface area contributed by atoms with E-state index in [1.807, 2.05) is 19.1 Å². The second-order valence-electron chi connectivity index (χ2n) is 5.49. The molecule has 102 valence electrons. The van der Waals surface area contributed by atoms with Crippen LogP contribution in [0, 0.1) is 12.8 Å². The quantitative estimate of drug-likeness (QED) is 0.836. The van der Waals surface area contributed by atoms with Crippen molar-refractivity contribution in [1.29, 1.82) is 0 Å². The van der Waals surface area contributed by atoms with E-state index >= 15 is 0 Å². The number of nitrogens with one attached hydrogen (secondary N) is 2. The standard InChI is InChI=1S/C16H22N2O/c1-11(2)14-6-4-5-12(3)15(14)18-16(19)17-10-9-13-7-8-13/h4-6,9-11,13H,7-8H2,1-3H3,(H2,17,18,19)/b10-9+. The van der Waals surface area contributed by atoms with Gasteiger partial charge in [0.15, 0.2) is 0 Å². The van der Waals surface area contributed by atoms with Crippen molar-refractivity contribution in [1.82, 2.24) is 5.32 Å². The predicted octanol–water partition coefficient (Wildman–Crippen LogP) is 4.16. The SMILES string of the molecule is Cc1cccc(C(C)C)c1NC(=O)N/C=C/C1CC1. The predicted molar refractivity (Wildman–Crippen MR) is 79.3 cm³/mol. The van der Waals surface area contributed by atoms with Crippen molar-refractivity contribution in [2.75, 3.05) is 5.32 Å². The molecule has 2 amide bonds. The molecular formula is C16H22N2O. The van der Waals surface area contributed by atoms with Crippen LogP contribution >= 0.6 is 0 Å². The molecule has 2 rings (SSSR count). The Balaban J connectivity index is 2.02. The van der Waals surface area contributed by atoms with E-state index in [0.717, 1.165) is 11.3 Å². The lowest BCUT2D eigenvalue weighted by Gasteiger charge is -2.16. The summed E-state index contributed by atoms with van der Waals surface area (Å²) in [7, 11) is 0. The first kappa shape index (κ1) is 13.7. The second-order valence-corrected chi connectivity index (χ2v) is 5.49. The number of anilines is 1. The van der Waals surface area contributed by atoms with Gasteiger partial charge in [-0.15, -0.1) is 0 Å². The Bertz CT molecular complexity index is 488. The first-order valence-electron chi connectivity index (χ1n) is 6.91. The maximum absolute atomic E-state index is 11.9. The lowest BCUT2D eigenvalue weighted by Crippen LogP contribution is -2.25. The molecule has 1 fully saturated rings. The van der Waals surface area contributed by atoms with Crippen molar-refractivity contribution in [3.8, 4) is 0 Å². The Morgan fingerprint density at radius 3 is 2.74 bits per heavy atom. The highest BCUT2D eigenvalue weighted by Crippen LogP contribution is 2.30. The third-order valence-electron chi connectivity index (χ3n) is 3.37. The Morgan fingerprint density at radius 2 is 2.11 bits per heavy atom. The molecule has 1 aliphatic rings. The number of benzene rings is 1. The number of urea groups is 1. The fourth-order valence-electron chi connectivity index (χ4n) is 2.04. The number of para-hydroxylation sites is 1. The lowest BCUT2D eigenvalue weighted by molar-refractivity contribution is 0.255. The van der Waals surface area contributed by atoms with E-state index in [0.29, 0.717) is 11.8 Å². The molecule has 0 aliphatic heterocycles. The fraction of sp³-hybridized carbons (Fsp3) is 0.438. The number of allylic oxidation sites excluding steroid dienone is 1. The van der Waals surface area contributed by atoms with Crippen molar-refractivity contribution >= 4 is 11.7 Å². The highest BCUT2D eigenvalue weighted by Gasteiger charge is 2.17. The lowest BCUT2D eigenvalue weighted by atomic mass is 9.98. The topological polar surface area (TPSA) is 41.1 Å². The fourth-order valence-corrected chi connectivity index (χ4v) is 2.04. The summed E-state index contributed by atoms with van der Waals surface area (Å²) in [5, 5.41) is 5.72. The molecule has 0 atom stereocenters. The minimum Gasteiger partial charge on any atom is -0.315 e. The summed E-state index contributed by atoms with van der Waals surface area (Å²) in [5.74, 6) is 1.06. The van der Waals surface area contributed by atoms with Gasteiger partial charge in [-0.25, -0.2) is 4.79 Å². The van der Waals surface area contributed by atoms with E-state index in [1.165, 1.54) is 18.4 Å². The molecule has 0 radical (unpaired) electrons. The second kappa shape index (κ2) is 5.91. The average molecular weight is 258 g/mol. The minimum absolute atomic E-state index is 0.173. The van der Waals surface area contributed by atoms with E-state index in [9.17, 15) is 4.79 Å². The molecule has 1 saturated carbocycles. The Kier molecular flexibility index (Phi) is 4.25. The van der Waals surface area contributed by atoms with Gasteiger partial charge in [-0.2, -0.15) is 0 Å². The summed E-state index contributed by atoms with van der Waals surface area (Å²) in [6.07, 6.45) is 6.30. The molecule has 3 nitrogen and oxygen atoms in total. The highest BCUT2D eigenvalue weighted by molar-refractivity contribution is 5.91. The number of rotatable bonds is 4. The number of amides is 2. The number of hydrogen-bond donors (Lipinski definition) is 2. The van der Waals surface area contributed by atoms with Gasteiger partial charge in [-0.1, -0.05) is 38.1 Å². The third-order valence-corrected chi connectivity index (χ3v) is 3.37. The molecule has 1 aromatic rings. The van der Waals surface area contributed by atoms with Crippen LogP contribution in [0.1, 0.15) is 43.7 Å². The third kappa shape index (κ3) is 3.85. The largest absolute Gasteiger partial charge is 0.323 e.